The van der Waals surface area contributed by atoms with E-state index in [9.17, 15) is 13.2 Å². The lowest BCUT2D eigenvalue weighted by Crippen LogP contribution is -2.42. The number of hydrogen-bond acceptors (Lipinski definition) is 8. The van der Waals surface area contributed by atoms with Crippen molar-refractivity contribution in [3.63, 3.8) is 0 Å². The molecule has 0 saturated carbocycles. The number of aromatic nitrogens is 2. The number of carbonyl (C=O) groups is 1. The van der Waals surface area contributed by atoms with Gasteiger partial charge in [-0.25, -0.2) is 13.2 Å². The Kier molecular flexibility index (Phi) is 5.48. The van der Waals surface area contributed by atoms with Crippen LogP contribution in [0.3, 0.4) is 0 Å². The van der Waals surface area contributed by atoms with Gasteiger partial charge in [0.05, 0.1) is 13.3 Å². The van der Waals surface area contributed by atoms with Crippen molar-refractivity contribution in [3.05, 3.63) is 46.8 Å². The van der Waals surface area contributed by atoms with Crippen LogP contribution < -0.4 is 4.74 Å². The van der Waals surface area contributed by atoms with Crippen LogP contribution in [0.15, 0.2) is 46.8 Å². The normalized spacial score (nSPS) is 16.0. The van der Waals surface area contributed by atoms with Crippen LogP contribution in [0.2, 0.25) is 0 Å². The van der Waals surface area contributed by atoms with Gasteiger partial charge in [-0.3, -0.25) is 0 Å². The summed E-state index contributed by atoms with van der Waals surface area (Å²) in [5, 5.41) is 11.5. The summed E-state index contributed by atoms with van der Waals surface area (Å²) >= 11 is 1.06. The molecular formula is C19H19N3O5S2. The van der Waals surface area contributed by atoms with E-state index in [1.54, 1.807) is 11.6 Å². The molecule has 4 rings (SSSR count). The summed E-state index contributed by atoms with van der Waals surface area (Å²) in [6.45, 7) is 0.587. The zero-order valence-electron chi connectivity index (χ0n) is 15.6. The van der Waals surface area contributed by atoms with Gasteiger partial charge in [-0.15, -0.1) is 16.4 Å². The number of hydrogen-bond donors (Lipinski definition) is 0. The zero-order chi connectivity index (χ0) is 20.4. The topological polar surface area (TPSA) is 98.7 Å². The van der Waals surface area contributed by atoms with Gasteiger partial charge in [0.15, 0.2) is 0 Å². The van der Waals surface area contributed by atoms with Crippen LogP contribution >= 0.6 is 11.3 Å². The number of esters is 1. The highest BCUT2D eigenvalue weighted by Crippen LogP contribution is 2.29. The smallest absolute Gasteiger partial charge is 0.349 e. The van der Waals surface area contributed by atoms with E-state index in [4.69, 9.17) is 9.47 Å². The molecule has 3 heterocycles. The second-order valence-electron chi connectivity index (χ2n) is 6.56. The lowest BCUT2D eigenvalue weighted by molar-refractivity contribution is 0.0602. The average molecular weight is 434 g/mol. The maximum Gasteiger partial charge on any atom is 0.349 e. The SMILES string of the molecule is COC(=O)c1sccc1S(=O)(=O)N1CCC(Oc2nncc3ccccc23)CC1. The lowest BCUT2D eigenvalue weighted by atomic mass is 10.1. The van der Waals surface area contributed by atoms with Crippen LogP contribution in [0.4, 0.5) is 0 Å². The molecule has 0 unspecified atom stereocenters. The van der Waals surface area contributed by atoms with Crippen molar-refractivity contribution in [2.45, 2.75) is 23.8 Å². The molecule has 2 aromatic heterocycles. The van der Waals surface area contributed by atoms with E-state index < -0.39 is 16.0 Å². The van der Waals surface area contributed by atoms with Gasteiger partial charge < -0.3 is 9.47 Å². The van der Waals surface area contributed by atoms with Gasteiger partial charge in [-0.2, -0.15) is 9.40 Å². The average Bonchev–Trinajstić information content (AvgIpc) is 3.25. The molecule has 3 aromatic rings. The third-order valence-electron chi connectivity index (χ3n) is 4.83. The van der Waals surface area contributed by atoms with Crippen molar-refractivity contribution in [2.24, 2.45) is 0 Å². The molecule has 0 spiro atoms. The summed E-state index contributed by atoms with van der Waals surface area (Å²) in [6.07, 6.45) is 2.55. The van der Waals surface area contributed by atoms with Crippen molar-refractivity contribution in [3.8, 4) is 5.88 Å². The number of carbonyl (C=O) groups excluding carboxylic acids is 1. The highest BCUT2D eigenvalue weighted by atomic mass is 32.2. The Bertz CT molecular complexity index is 1130. The molecule has 0 amide bonds. The maximum absolute atomic E-state index is 13.0. The van der Waals surface area contributed by atoms with Gasteiger partial charge in [-0.1, -0.05) is 18.2 Å². The summed E-state index contributed by atoms with van der Waals surface area (Å²) in [5.41, 5.74) is 0. The minimum Gasteiger partial charge on any atom is -0.473 e. The fourth-order valence-corrected chi connectivity index (χ4v) is 6.10. The van der Waals surface area contributed by atoms with E-state index in [1.807, 2.05) is 24.3 Å². The Labute approximate surface area is 172 Å². The summed E-state index contributed by atoms with van der Waals surface area (Å²) in [6, 6.07) is 9.13. The van der Waals surface area contributed by atoms with E-state index in [0.29, 0.717) is 31.8 Å². The standard InChI is InChI=1S/C19H19N3O5S2/c1-26-19(23)17-16(8-11-28-17)29(24,25)22-9-6-14(7-10-22)27-18-15-5-3-2-4-13(15)12-20-21-18/h2-5,8,11-12,14H,6-7,9-10H2,1H3. The predicted octanol–water partition coefficient (Wildman–Crippen LogP) is 2.71. The summed E-state index contributed by atoms with van der Waals surface area (Å²) in [5.74, 6) is -0.193. The van der Waals surface area contributed by atoms with Crippen molar-refractivity contribution < 1.29 is 22.7 Å². The quantitative estimate of drug-likeness (QED) is 0.571. The monoisotopic (exact) mass is 433 g/mol. The number of piperidine rings is 1. The number of benzene rings is 1. The van der Waals surface area contributed by atoms with Gasteiger partial charge in [0, 0.05) is 23.9 Å². The largest absolute Gasteiger partial charge is 0.473 e. The molecule has 29 heavy (non-hydrogen) atoms. The first-order valence-electron chi connectivity index (χ1n) is 9.03. The number of sulfonamides is 1. The molecule has 1 aromatic carbocycles. The van der Waals surface area contributed by atoms with Crippen LogP contribution in [0.5, 0.6) is 5.88 Å². The van der Waals surface area contributed by atoms with Crippen LogP contribution in [-0.2, 0) is 14.8 Å². The molecule has 0 radical (unpaired) electrons. The first-order chi connectivity index (χ1) is 14.0. The molecule has 0 bridgehead atoms. The van der Waals surface area contributed by atoms with Gasteiger partial charge in [0.25, 0.3) is 0 Å². The van der Waals surface area contributed by atoms with E-state index in [1.165, 1.54) is 17.5 Å². The van der Waals surface area contributed by atoms with E-state index in [2.05, 4.69) is 10.2 Å². The number of rotatable bonds is 5. The first kappa shape index (κ1) is 19.7. The summed E-state index contributed by atoms with van der Waals surface area (Å²) in [4.78, 5) is 11.9. The second-order valence-corrected chi connectivity index (χ2v) is 9.39. The van der Waals surface area contributed by atoms with Gasteiger partial charge in [0.2, 0.25) is 15.9 Å². The van der Waals surface area contributed by atoms with Gasteiger partial charge in [0.1, 0.15) is 15.9 Å². The van der Waals surface area contributed by atoms with Gasteiger partial charge >= 0.3 is 5.97 Å². The lowest BCUT2D eigenvalue weighted by Gasteiger charge is -2.31. The molecule has 8 nitrogen and oxygen atoms in total. The fourth-order valence-electron chi connectivity index (χ4n) is 3.32. The molecule has 0 N–H and O–H groups in total. The Hall–Kier alpha value is -2.56. The van der Waals surface area contributed by atoms with Crippen LogP contribution in [0.1, 0.15) is 22.5 Å². The predicted molar refractivity (Wildman–Crippen MR) is 108 cm³/mol. The minimum atomic E-state index is -3.78. The van der Waals surface area contributed by atoms with Crippen molar-refractivity contribution in [1.82, 2.24) is 14.5 Å². The highest BCUT2D eigenvalue weighted by Gasteiger charge is 2.34. The molecule has 10 heteroatoms. The van der Waals surface area contributed by atoms with Crippen molar-refractivity contribution in [1.29, 1.82) is 0 Å². The van der Waals surface area contributed by atoms with E-state index >= 15 is 0 Å². The number of ether oxygens (including phenoxy) is 2. The van der Waals surface area contributed by atoms with E-state index in [0.717, 1.165) is 22.1 Å². The molecule has 0 aliphatic carbocycles. The number of methoxy groups -OCH3 is 1. The first-order valence-corrected chi connectivity index (χ1v) is 11.4. The van der Waals surface area contributed by atoms with Crippen LogP contribution in [0, 0.1) is 0 Å². The third-order valence-corrected chi connectivity index (χ3v) is 7.80. The molecule has 1 aliphatic rings. The fraction of sp³-hybridized carbons (Fsp3) is 0.316. The second kappa shape index (κ2) is 8.05. The number of thiophene rings is 1. The molecule has 1 saturated heterocycles. The zero-order valence-corrected chi connectivity index (χ0v) is 17.3. The van der Waals surface area contributed by atoms with Crippen molar-refractivity contribution >= 4 is 38.1 Å². The Balaban J connectivity index is 1.47. The van der Waals surface area contributed by atoms with Gasteiger partial charge in [-0.05, 0) is 30.4 Å². The molecule has 152 valence electrons. The summed E-state index contributed by atoms with van der Waals surface area (Å²) in [7, 11) is -2.54. The Morgan fingerprint density at radius 3 is 2.72 bits per heavy atom. The maximum atomic E-state index is 13.0. The number of nitrogens with zero attached hydrogens (tertiary/aromatic N) is 3. The molecule has 1 aliphatic heterocycles. The van der Waals surface area contributed by atoms with Crippen LogP contribution in [-0.4, -0.2) is 55.2 Å². The van der Waals surface area contributed by atoms with Crippen molar-refractivity contribution in [2.75, 3.05) is 20.2 Å². The van der Waals surface area contributed by atoms with E-state index in [-0.39, 0.29) is 15.9 Å². The third kappa shape index (κ3) is 3.83. The van der Waals surface area contributed by atoms with Crippen LogP contribution in [0.25, 0.3) is 10.8 Å². The molecule has 0 atom stereocenters. The minimum absolute atomic E-state index is 0.00589. The Morgan fingerprint density at radius 1 is 1.21 bits per heavy atom. The Morgan fingerprint density at radius 2 is 1.97 bits per heavy atom. The molecular weight excluding hydrogens is 414 g/mol. The summed E-state index contributed by atoms with van der Waals surface area (Å²) < 4.78 is 38.1. The molecule has 1 fully saturated rings. The number of fused-ring (bicyclic) bond motifs is 1. The highest BCUT2D eigenvalue weighted by molar-refractivity contribution is 7.89.